The molecule has 0 saturated carbocycles. The number of benzene rings is 2. The minimum absolute atomic E-state index is 0.272. The summed E-state index contributed by atoms with van der Waals surface area (Å²) in [5.74, 6) is 2.23. The second-order valence-corrected chi connectivity index (χ2v) is 8.39. The summed E-state index contributed by atoms with van der Waals surface area (Å²) < 4.78 is 12.6. The fourth-order valence-electron chi connectivity index (χ4n) is 3.06. The van der Waals surface area contributed by atoms with Crippen LogP contribution in [0.3, 0.4) is 0 Å². The Balaban J connectivity index is 1.33. The number of fused-ring (bicyclic) bond motifs is 1. The van der Waals surface area contributed by atoms with Gasteiger partial charge in [-0.2, -0.15) is 4.68 Å². The molecule has 0 aliphatic carbocycles. The molecule has 0 radical (unpaired) electrons. The lowest BCUT2D eigenvalue weighted by atomic mass is 10.1. The van der Waals surface area contributed by atoms with E-state index >= 15 is 0 Å². The number of ether oxygens (including phenoxy) is 2. The van der Waals surface area contributed by atoms with Gasteiger partial charge in [-0.3, -0.25) is 0 Å². The van der Waals surface area contributed by atoms with Crippen LogP contribution in [0.4, 0.5) is 0 Å². The van der Waals surface area contributed by atoms with Crippen molar-refractivity contribution in [3.63, 3.8) is 0 Å². The largest absolute Gasteiger partial charge is 0.454 e. The SMILES string of the molecule is Cc1cccc(-n2nnnc2SCc2csc(-c3ccc4c(c3)OCO4)n2)c1C. The number of thioether (sulfide) groups is 1. The first-order valence-electron chi connectivity index (χ1n) is 9.01. The minimum atomic E-state index is 0.272. The molecule has 0 atom stereocenters. The summed E-state index contributed by atoms with van der Waals surface area (Å²) in [6.45, 7) is 4.44. The molecule has 0 amide bonds. The lowest BCUT2D eigenvalue weighted by Gasteiger charge is -2.09. The molecule has 5 rings (SSSR count). The Kier molecular flexibility index (Phi) is 4.69. The van der Waals surface area contributed by atoms with Gasteiger partial charge in [0.05, 0.1) is 11.4 Å². The number of aryl methyl sites for hydroxylation is 1. The average Bonchev–Trinajstić information content (AvgIpc) is 3.48. The van der Waals surface area contributed by atoms with Crippen molar-refractivity contribution in [1.29, 1.82) is 0 Å². The summed E-state index contributed by atoms with van der Waals surface area (Å²) in [5, 5.41) is 16.0. The fourth-order valence-corrected chi connectivity index (χ4v) is 4.76. The number of thiazole rings is 1. The number of hydrogen-bond donors (Lipinski definition) is 0. The second kappa shape index (κ2) is 7.49. The fraction of sp³-hybridized carbons (Fsp3) is 0.200. The molecule has 9 heteroatoms. The zero-order valence-corrected chi connectivity index (χ0v) is 17.5. The van der Waals surface area contributed by atoms with E-state index in [1.165, 1.54) is 11.1 Å². The van der Waals surface area contributed by atoms with Gasteiger partial charge in [-0.05, 0) is 59.7 Å². The predicted molar refractivity (Wildman–Crippen MR) is 112 cm³/mol. The van der Waals surface area contributed by atoms with Crippen LogP contribution in [0.25, 0.3) is 16.3 Å². The Morgan fingerprint density at radius 2 is 2.03 bits per heavy atom. The number of rotatable bonds is 5. The van der Waals surface area contributed by atoms with Crippen molar-refractivity contribution >= 4 is 23.1 Å². The van der Waals surface area contributed by atoms with Gasteiger partial charge in [0.2, 0.25) is 11.9 Å². The summed E-state index contributed by atoms with van der Waals surface area (Å²) in [4.78, 5) is 4.76. The second-order valence-electron chi connectivity index (χ2n) is 6.59. The van der Waals surface area contributed by atoms with Crippen LogP contribution in [0.1, 0.15) is 16.8 Å². The molecule has 7 nitrogen and oxygen atoms in total. The highest BCUT2D eigenvalue weighted by atomic mass is 32.2. The lowest BCUT2D eigenvalue weighted by molar-refractivity contribution is 0.174. The van der Waals surface area contributed by atoms with E-state index < -0.39 is 0 Å². The molecule has 1 aliphatic rings. The van der Waals surface area contributed by atoms with E-state index in [9.17, 15) is 0 Å². The van der Waals surface area contributed by atoms with Crippen LogP contribution in [0.5, 0.6) is 11.5 Å². The summed E-state index contributed by atoms with van der Waals surface area (Å²) in [5.41, 5.74) is 5.39. The highest BCUT2D eigenvalue weighted by molar-refractivity contribution is 7.98. The third kappa shape index (κ3) is 3.47. The number of hydrogen-bond acceptors (Lipinski definition) is 8. The van der Waals surface area contributed by atoms with Crippen LogP contribution < -0.4 is 9.47 Å². The van der Waals surface area contributed by atoms with Crippen LogP contribution >= 0.6 is 23.1 Å². The smallest absolute Gasteiger partial charge is 0.231 e. The maximum Gasteiger partial charge on any atom is 0.231 e. The van der Waals surface area contributed by atoms with E-state index in [1.54, 1.807) is 27.8 Å². The van der Waals surface area contributed by atoms with Crippen molar-refractivity contribution in [2.24, 2.45) is 0 Å². The molecular formula is C20H17N5O2S2. The minimum Gasteiger partial charge on any atom is -0.454 e. The summed E-state index contributed by atoms with van der Waals surface area (Å²) >= 11 is 3.18. The standard InChI is InChI=1S/C20H17N5O2S2/c1-12-4-3-5-16(13(12)2)25-20(22-23-24-25)29-10-15-9-28-19(21-15)14-6-7-17-18(8-14)27-11-26-17/h3-9H,10-11H2,1-2H3. The molecule has 2 aromatic heterocycles. The number of tetrazole rings is 1. The third-order valence-electron chi connectivity index (χ3n) is 4.77. The van der Waals surface area contributed by atoms with E-state index in [0.717, 1.165) is 38.6 Å². The van der Waals surface area contributed by atoms with Gasteiger partial charge < -0.3 is 9.47 Å². The van der Waals surface area contributed by atoms with Crippen LogP contribution in [0.15, 0.2) is 46.9 Å². The molecule has 0 bridgehead atoms. The molecule has 146 valence electrons. The maximum atomic E-state index is 5.46. The first kappa shape index (κ1) is 18.1. The van der Waals surface area contributed by atoms with E-state index in [4.69, 9.17) is 14.5 Å². The molecule has 0 unspecified atom stereocenters. The Labute approximate surface area is 175 Å². The molecule has 4 aromatic rings. The van der Waals surface area contributed by atoms with Crippen molar-refractivity contribution in [2.45, 2.75) is 24.8 Å². The zero-order valence-electron chi connectivity index (χ0n) is 15.8. The van der Waals surface area contributed by atoms with Gasteiger partial charge >= 0.3 is 0 Å². The molecule has 0 saturated heterocycles. The number of nitrogens with zero attached hydrogens (tertiary/aromatic N) is 5. The summed E-state index contributed by atoms with van der Waals surface area (Å²) in [6, 6.07) is 12.0. The topological polar surface area (TPSA) is 75.0 Å². The van der Waals surface area contributed by atoms with Crippen LogP contribution in [0, 0.1) is 13.8 Å². The Morgan fingerprint density at radius 1 is 1.14 bits per heavy atom. The van der Waals surface area contributed by atoms with Crippen LogP contribution in [0.2, 0.25) is 0 Å². The summed E-state index contributed by atoms with van der Waals surface area (Å²) in [7, 11) is 0. The zero-order chi connectivity index (χ0) is 19.8. The van der Waals surface area contributed by atoms with Crippen LogP contribution in [-0.4, -0.2) is 32.0 Å². The maximum absolute atomic E-state index is 5.46. The highest BCUT2D eigenvalue weighted by Crippen LogP contribution is 2.37. The molecule has 29 heavy (non-hydrogen) atoms. The van der Waals surface area contributed by atoms with E-state index in [0.29, 0.717) is 5.75 Å². The Morgan fingerprint density at radius 3 is 2.97 bits per heavy atom. The van der Waals surface area contributed by atoms with Gasteiger partial charge in [-0.25, -0.2) is 4.98 Å². The Bertz CT molecular complexity index is 1190. The van der Waals surface area contributed by atoms with Gasteiger partial charge in [0, 0.05) is 16.7 Å². The quantitative estimate of drug-likeness (QED) is 0.440. The van der Waals surface area contributed by atoms with Gasteiger partial charge in [0.15, 0.2) is 11.5 Å². The first-order chi connectivity index (χ1) is 14.2. The van der Waals surface area contributed by atoms with Gasteiger partial charge in [-0.15, -0.1) is 16.4 Å². The van der Waals surface area contributed by atoms with E-state index in [2.05, 4.69) is 40.8 Å². The molecule has 2 aromatic carbocycles. The molecule has 1 aliphatic heterocycles. The molecular weight excluding hydrogens is 406 g/mol. The number of aromatic nitrogens is 5. The predicted octanol–water partition coefficient (Wildman–Crippen LogP) is 4.42. The van der Waals surface area contributed by atoms with Crippen molar-refractivity contribution < 1.29 is 9.47 Å². The first-order valence-corrected chi connectivity index (χ1v) is 10.9. The lowest BCUT2D eigenvalue weighted by Crippen LogP contribution is -2.02. The third-order valence-corrected chi connectivity index (χ3v) is 6.66. The van der Waals surface area contributed by atoms with Crippen molar-refractivity contribution in [3.05, 3.63) is 58.6 Å². The van der Waals surface area contributed by atoms with Gasteiger partial charge in [0.1, 0.15) is 5.01 Å². The average molecular weight is 424 g/mol. The highest BCUT2D eigenvalue weighted by Gasteiger charge is 2.16. The molecule has 0 N–H and O–H groups in total. The van der Waals surface area contributed by atoms with Gasteiger partial charge in [0.25, 0.3) is 0 Å². The molecule has 0 fully saturated rings. The van der Waals surface area contributed by atoms with E-state index in [-0.39, 0.29) is 6.79 Å². The van der Waals surface area contributed by atoms with Crippen molar-refractivity contribution in [1.82, 2.24) is 25.2 Å². The van der Waals surface area contributed by atoms with Crippen LogP contribution in [-0.2, 0) is 5.75 Å². The molecule has 0 spiro atoms. The Hall–Kier alpha value is -2.91. The normalized spacial score (nSPS) is 12.5. The van der Waals surface area contributed by atoms with Gasteiger partial charge in [-0.1, -0.05) is 23.9 Å². The van der Waals surface area contributed by atoms with Crippen molar-refractivity contribution in [2.75, 3.05) is 6.79 Å². The summed E-state index contributed by atoms with van der Waals surface area (Å²) in [6.07, 6.45) is 0. The van der Waals surface area contributed by atoms with E-state index in [1.807, 2.05) is 30.3 Å². The molecule has 3 heterocycles. The van der Waals surface area contributed by atoms with Crippen molar-refractivity contribution in [3.8, 4) is 27.8 Å². The monoisotopic (exact) mass is 423 g/mol.